The molecule has 11 heteroatoms. The predicted molar refractivity (Wildman–Crippen MR) is 119 cm³/mol. The average Bonchev–Trinajstić information content (AvgIpc) is 3.13. The van der Waals surface area contributed by atoms with E-state index in [2.05, 4.69) is 20.5 Å². The van der Waals surface area contributed by atoms with Crippen LogP contribution in [0.1, 0.15) is 26.3 Å². The summed E-state index contributed by atoms with van der Waals surface area (Å²) < 4.78 is 44.1. The molecule has 1 aromatic carbocycles. The molecule has 8 nitrogen and oxygen atoms in total. The van der Waals surface area contributed by atoms with Gasteiger partial charge in [-0.05, 0) is 45.0 Å². The van der Waals surface area contributed by atoms with Crippen LogP contribution in [0.25, 0.3) is 22.2 Å². The molecule has 1 saturated heterocycles. The van der Waals surface area contributed by atoms with Gasteiger partial charge in [-0.1, -0.05) is 12.1 Å². The topological polar surface area (TPSA) is 100 Å². The number of β-amino-alcohol motifs (C(OH)–C–C–N with tert-alkyl or cyclic N) is 1. The Morgan fingerprint density at radius 2 is 1.82 bits per heavy atom. The summed E-state index contributed by atoms with van der Waals surface area (Å²) in [7, 11) is 0. The summed E-state index contributed by atoms with van der Waals surface area (Å²) >= 11 is 0. The van der Waals surface area contributed by atoms with Crippen LogP contribution >= 0.6 is 0 Å². The van der Waals surface area contributed by atoms with Gasteiger partial charge in [0.15, 0.2) is 5.82 Å². The van der Waals surface area contributed by atoms with Gasteiger partial charge in [-0.25, -0.2) is 4.79 Å². The molecule has 0 bridgehead atoms. The van der Waals surface area contributed by atoms with Crippen LogP contribution in [0, 0.1) is 0 Å². The van der Waals surface area contributed by atoms with Crippen LogP contribution in [0.3, 0.4) is 0 Å². The van der Waals surface area contributed by atoms with Crippen molar-refractivity contribution in [1.29, 1.82) is 0 Å². The van der Waals surface area contributed by atoms with Gasteiger partial charge in [0.2, 0.25) is 0 Å². The SMILES string of the molecule is CC(C)(C)OC(=O)N1C[C@H](O)[C@H](Nc2nnc(-c3ccc(C(F)(F)F)cc3)c3ncccc23)C1. The number of alkyl halides is 3. The van der Waals surface area contributed by atoms with Gasteiger partial charge < -0.3 is 20.1 Å². The molecule has 0 unspecified atom stereocenters. The molecule has 34 heavy (non-hydrogen) atoms. The highest BCUT2D eigenvalue weighted by atomic mass is 19.4. The number of hydrogen-bond acceptors (Lipinski definition) is 7. The third-order valence-corrected chi connectivity index (χ3v) is 5.29. The number of halogens is 3. The zero-order chi connectivity index (χ0) is 24.7. The van der Waals surface area contributed by atoms with Crippen LogP contribution in [0.5, 0.6) is 0 Å². The molecule has 4 rings (SSSR count). The molecule has 2 N–H and O–H groups in total. The number of carbonyl (C=O) groups is 1. The van der Waals surface area contributed by atoms with E-state index < -0.39 is 35.6 Å². The highest BCUT2D eigenvalue weighted by molar-refractivity contribution is 5.97. The van der Waals surface area contributed by atoms with Crippen molar-refractivity contribution in [3.63, 3.8) is 0 Å². The molecule has 1 aliphatic heterocycles. The molecule has 0 spiro atoms. The van der Waals surface area contributed by atoms with E-state index in [1.54, 1.807) is 39.1 Å². The van der Waals surface area contributed by atoms with Crippen molar-refractivity contribution in [3.05, 3.63) is 48.2 Å². The molecular weight excluding hydrogens is 451 g/mol. The molecule has 1 amide bonds. The first-order valence-electron chi connectivity index (χ1n) is 10.6. The van der Waals surface area contributed by atoms with Crippen LogP contribution in [-0.2, 0) is 10.9 Å². The summed E-state index contributed by atoms with van der Waals surface area (Å²) in [4.78, 5) is 18.1. The number of anilines is 1. The van der Waals surface area contributed by atoms with Crippen LogP contribution < -0.4 is 5.32 Å². The summed E-state index contributed by atoms with van der Waals surface area (Å²) in [6.45, 7) is 5.58. The highest BCUT2D eigenvalue weighted by Crippen LogP contribution is 2.33. The zero-order valence-corrected chi connectivity index (χ0v) is 18.8. The number of hydrogen-bond donors (Lipinski definition) is 2. The number of amides is 1. The number of aliphatic hydroxyl groups is 1. The van der Waals surface area contributed by atoms with Gasteiger partial charge in [0, 0.05) is 23.7 Å². The van der Waals surface area contributed by atoms with Crippen molar-refractivity contribution in [3.8, 4) is 11.3 Å². The first-order chi connectivity index (χ1) is 15.9. The minimum absolute atomic E-state index is 0.0971. The Hall–Kier alpha value is -3.47. The molecule has 0 aliphatic carbocycles. The van der Waals surface area contributed by atoms with Crippen molar-refractivity contribution < 1.29 is 27.8 Å². The highest BCUT2D eigenvalue weighted by Gasteiger charge is 2.37. The van der Waals surface area contributed by atoms with Crippen LogP contribution in [0.2, 0.25) is 0 Å². The van der Waals surface area contributed by atoms with Crippen LogP contribution in [0.4, 0.5) is 23.8 Å². The fourth-order valence-electron chi connectivity index (χ4n) is 3.68. The lowest BCUT2D eigenvalue weighted by Crippen LogP contribution is -2.36. The second-order valence-electron chi connectivity index (χ2n) is 9.08. The minimum atomic E-state index is -4.44. The summed E-state index contributed by atoms with van der Waals surface area (Å²) in [5.74, 6) is 0.342. The Kier molecular flexibility index (Phi) is 6.07. The van der Waals surface area contributed by atoms with E-state index in [1.807, 2.05) is 0 Å². The number of aromatic nitrogens is 3. The number of aliphatic hydroxyl groups excluding tert-OH is 1. The third-order valence-electron chi connectivity index (χ3n) is 5.29. The molecule has 2 aromatic heterocycles. The minimum Gasteiger partial charge on any atom is -0.444 e. The lowest BCUT2D eigenvalue weighted by atomic mass is 10.1. The average molecular weight is 475 g/mol. The standard InChI is InChI=1S/C23H24F3N5O3/c1-22(2,3)34-21(33)31-11-16(17(32)12-31)28-20-15-5-4-10-27-19(15)18(29-30-20)13-6-8-14(9-7-13)23(24,25)26/h4-10,16-17,32H,11-12H2,1-3H3,(H,28,30)/t16-,17+/m1/s1. The number of pyridine rings is 1. The smallest absolute Gasteiger partial charge is 0.416 e. The fraction of sp³-hybridized carbons (Fsp3) is 0.391. The number of rotatable bonds is 3. The van der Waals surface area contributed by atoms with Gasteiger partial charge in [0.25, 0.3) is 0 Å². The van der Waals surface area contributed by atoms with Gasteiger partial charge >= 0.3 is 12.3 Å². The van der Waals surface area contributed by atoms with Crippen LogP contribution in [0.15, 0.2) is 42.6 Å². The molecule has 3 heterocycles. The summed E-state index contributed by atoms with van der Waals surface area (Å²) in [6.07, 6.45) is -4.27. The molecule has 1 fully saturated rings. The number of fused-ring (bicyclic) bond motifs is 1. The van der Waals surface area contributed by atoms with Crippen LogP contribution in [-0.4, -0.2) is 62.1 Å². The number of benzene rings is 1. The Labute approximate surface area is 193 Å². The maximum atomic E-state index is 12.9. The van der Waals surface area contributed by atoms with Gasteiger partial charge in [-0.2, -0.15) is 13.2 Å². The Bertz CT molecular complexity index is 1200. The van der Waals surface area contributed by atoms with E-state index in [1.165, 1.54) is 17.0 Å². The molecule has 2 atom stereocenters. The number of carbonyl (C=O) groups excluding carboxylic acids is 1. The maximum Gasteiger partial charge on any atom is 0.416 e. The van der Waals surface area contributed by atoms with Crippen molar-refractivity contribution in [2.75, 3.05) is 18.4 Å². The van der Waals surface area contributed by atoms with Crippen molar-refractivity contribution in [2.45, 2.75) is 44.7 Å². The van der Waals surface area contributed by atoms with Crippen molar-refractivity contribution in [2.24, 2.45) is 0 Å². The zero-order valence-electron chi connectivity index (χ0n) is 18.8. The van der Waals surface area contributed by atoms with Gasteiger partial charge in [0.1, 0.15) is 16.8 Å². The van der Waals surface area contributed by atoms with E-state index in [9.17, 15) is 23.1 Å². The quantitative estimate of drug-likeness (QED) is 0.588. The molecular formula is C23H24F3N5O3. The Morgan fingerprint density at radius 3 is 2.47 bits per heavy atom. The molecule has 180 valence electrons. The number of ether oxygens (including phenoxy) is 1. The fourth-order valence-corrected chi connectivity index (χ4v) is 3.68. The third kappa shape index (κ3) is 5.04. The predicted octanol–water partition coefficient (Wildman–Crippen LogP) is 4.10. The van der Waals surface area contributed by atoms with Gasteiger partial charge in [-0.15, -0.1) is 10.2 Å². The number of nitrogens with one attached hydrogen (secondary N) is 1. The Balaban J connectivity index is 1.59. The molecule has 0 saturated carbocycles. The van der Waals surface area contributed by atoms with Crippen molar-refractivity contribution >= 4 is 22.8 Å². The van der Waals surface area contributed by atoms with Crippen molar-refractivity contribution in [1.82, 2.24) is 20.1 Å². The summed E-state index contributed by atoms with van der Waals surface area (Å²) in [5, 5.41) is 22.6. The lowest BCUT2D eigenvalue weighted by molar-refractivity contribution is -0.137. The molecule has 3 aromatic rings. The largest absolute Gasteiger partial charge is 0.444 e. The first kappa shape index (κ1) is 23.7. The molecule has 0 radical (unpaired) electrons. The second kappa shape index (κ2) is 8.71. The Morgan fingerprint density at radius 1 is 1.12 bits per heavy atom. The normalized spacial score (nSPS) is 18.9. The maximum absolute atomic E-state index is 12.9. The first-order valence-corrected chi connectivity index (χ1v) is 10.6. The summed E-state index contributed by atoms with van der Waals surface area (Å²) in [5.41, 5.74) is -0.208. The van der Waals surface area contributed by atoms with E-state index in [4.69, 9.17) is 4.74 Å². The van der Waals surface area contributed by atoms with E-state index in [0.29, 0.717) is 28.0 Å². The van der Waals surface area contributed by atoms with E-state index in [0.717, 1.165) is 12.1 Å². The summed E-state index contributed by atoms with van der Waals surface area (Å²) in [6, 6.07) is 7.54. The number of nitrogens with zero attached hydrogens (tertiary/aromatic N) is 4. The van der Waals surface area contributed by atoms with E-state index in [-0.39, 0.29) is 13.1 Å². The number of likely N-dealkylation sites (tertiary alicyclic amines) is 1. The van der Waals surface area contributed by atoms with Gasteiger partial charge in [0.05, 0.1) is 24.3 Å². The lowest BCUT2D eigenvalue weighted by Gasteiger charge is -2.24. The molecule has 1 aliphatic rings. The monoisotopic (exact) mass is 475 g/mol. The second-order valence-corrected chi connectivity index (χ2v) is 9.08. The van der Waals surface area contributed by atoms with E-state index >= 15 is 0 Å². The van der Waals surface area contributed by atoms with Gasteiger partial charge in [-0.3, -0.25) is 4.98 Å².